The van der Waals surface area contributed by atoms with Crippen LogP contribution in [0.3, 0.4) is 0 Å². The number of rotatable bonds is 3. The molecule has 3 heterocycles. The fourth-order valence-corrected chi connectivity index (χ4v) is 3.39. The van der Waals surface area contributed by atoms with E-state index in [1.165, 1.54) is 9.75 Å². The monoisotopic (exact) mass is 325 g/mol. The van der Waals surface area contributed by atoms with Crippen LogP contribution >= 0.6 is 34.5 Å². The van der Waals surface area contributed by atoms with Crippen LogP contribution in [0.4, 0.5) is 0 Å². The standard InChI is InChI=1S/C14H13Cl2N3S/c1-8-3-4-11(20-8)7-19-13(9(2)15)18-12-5-10(16)6-17-14(12)19/h3-6,9H,7H2,1-2H3. The summed E-state index contributed by atoms with van der Waals surface area (Å²) in [7, 11) is 0. The predicted molar refractivity (Wildman–Crippen MR) is 85.0 cm³/mol. The Balaban J connectivity index is 2.13. The van der Waals surface area contributed by atoms with Crippen LogP contribution in [-0.4, -0.2) is 14.5 Å². The molecule has 0 spiro atoms. The molecule has 0 saturated carbocycles. The molecule has 0 radical (unpaired) electrons. The zero-order chi connectivity index (χ0) is 14.3. The first-order valence-electron chi connectivity index (χ1n) is 6.25. The molecule has 1 unspecified atom stereocenters. The number of halogens is 2. The smallest absolute Gasteiger partial charge is 0.160 e. The van der Waals surface area contributed by atoms with E-state index in [1.54, 1.807) is 17.5 Å². The van der Waals surface area contributed by atoms with Crippen molar-refractivity contribution in [2.75, 3.05) is 0 Å². The Labute approximate surface area is 131 Å². The highest BCUT2D eigenvalue weighted by molar-refractivity contribution is 7.11. The number of nitrogens with zero attached hydrogens (tertiary/aromatic N) is 3. The Kier molecular flexibility index (Phi) is 3.71. The lowest BCUT2D eigenvalue weighted by Gasteiger charge is -2.08. The second-order valence-corrected chi connectivity index (χ2v) is 7.14. The van der Waals surface area contributed by atoms with Gasteiger partial charge in [-0.2, -0.15) is 0 Å². The Hall–Kier alpha value is -1.10. The van der Waals surface area contributed by atoms with Gasteiger partial charge in [0.25, 0.3) is 0 Å². The number of thiophene rings is 1. The van der Waals surface area contributed by atoms with E-state index < -0.39 is 0 Å². The first-order valence-corrected chi connectivity index (χ1v) is 7.89. The minimum absolute atomic E-state index is 0.177. The maximum absolute atomic E-state index is 6.25. The number of imidazole rings is 1. The van der Waals surface area contributed by atoms with Crippen molar-refractivity contribution < 1.29 is 0 Å². The first-order chi connectivity index (χ1) is 9.54. The third-order valence-corrected chi connectivity index (χ3v) is 4.43. The van der Waals surface area contributed by atoms with E-state index in [9.17, 15) is 0 Å². The lowest BCUT2D eigenvalue weighted by atomic mass is 10.4. The van der Waals surface area contributed by atoms with Gasteiger partial charge in [-0.25, -0.2) is 9.97 Å². The molecule has 0 aliphatic heterocycles. The van der Waals surface area contributed by atoms with E-state index >= 15 is 0 Å². The molecule has 3 aromatic heterocycles. The SMILES string of the molecule is Cc1ccc(Cn2c(C(C)Cl)nc3cc(Cl)cnc32)s1. The first kappa shape index (κ1) is 13.9. The van der Waals surface area contributed by atoms with Crippen molar-refractivity contribution >= 4 is 45.7 Å². The molecule has 0 amide bonds. The quantitative estimate of drug-likeness (QED) is 0.647. The Bertz CT molecular complexity index is 761. The fraction of sp³-hybridized carbons (Fsp3) is 0.286. The Morgan fingerprint density at radius 3 is 2.85 bits per heavy atom. The Morgan fingerprint density at radius 2 is 2.20 bits per heavy atom. The molecule has 20 heavy (non-hydrogen) atoms. The highest BCUT2D eigenvalue weighted by atomic mass is 35.5. The van der Waals surface area contributed by atoms with Crippen LogP contribution in [0.25, 0.3) is 11.2 Å². The third kappa shape index (κ3) is 2.55. The van der Waals surface area contributed by atoms with Crippen molar-refractivity contribution in [2.45, 2.75) is 25.8 Å². The van der Waals surface area contributed by atoms with Gasteiger partial charge in [-0.15, -0.1) is 22.9 Å². The maximum atomic E-state index is 6.25. The Morgan fingerprint density at radius 1 is 1.40 bits per heavy atom. The number of pyridine rings is 1. The number of hydrogen-bond donors (Lipinski definition) is 0. The summed E-state index contributed by atoms with van der Waals surface area (Å²) < 4.78 is 2.06. The summed E-state index contributed by atoms with van der Waals surface area (Å²) in [5.41, 5.74) is 1.61. The zero-order valence-electron chi connectivity index (χ0n) is 11.1. The van der Waals surface area contributed by atoms with Crippen LogP contribution in [0.1, 0.15) is 27.9 Å². The largest absolute Gasteiger partial charge is 0.306 e. The minimum atomic E-state index is -0.177. The van der Waals surface area contributed by atoms with Crippen LogP contribution in [0, 0.1) is 6.92 Å². The molecular weight excluding hydrogens is 313 g/mol. The summed E-state index contributed by atoms with van der Waals surface area (Å²) in [6.45, 7) is 4.75. The van der Waals surface area contributed by atoms with Gasteiger partial charge in [0.2, 0.25) is 0 Å². The van der Waals surface area contributed by atoms with Crippen LogP contribution in [0.15, 0.2) is 24.4 Å². The normalized spacial score (nSPS) is 13.0. The zero-order valence-corrected chi connectivity index (χ0v) is 13.4. The van der Waals surface area contributed by atoms with Gasteiger partial charge in [-0.3, -0.25) is 0 Å². The summed E-state index contributed by atoms with van der Waals surface area (Å²) in [5.74, 6) is 0.822. The number of alkyl halides is 1. The van der Waals surface area contributed by atoms with Gasteiger partial charge in [-0.05, 0) is 32.0 Å². The molecule has 0 N–H and O–H groups in total. The molecule has 0 aliphatic carbocycles. The summed E-state index contributed by atoms with van der Waals surface area (Å²) in [5, 5.41) is 0.409. The van der Waals surface area contributed by atoms with Gasteiger partial charge in [0.05, 0.1) is 16.9 Å². The highest BCUT2D eigenvalue weighted by Crippen LogP contribution is 2.27. The van der Waals surface area contributed by atoms with Crippen LogP contribution in [0.2, 0.25) is 5.02 Å². The molecule has 3 rings (SSSR count). The van der Waals surface area contributed by atoms with Crippen molar-refractivity contribution in [1.82, 2.24) is 14.5 Å². The third-order valence-electron chi connectivity index (χ3n) is 3.05. The minimum Gasteiger partial charge on any atom is -0.306 e. The van der Waals surface area contributed by atoms with Crippen molar-refractivity contribution in [1.29, 1.82) is 0 Å². The van der Waals surface area contributed by atoms with Gasteiger partial charge in [0, 0.05) is 16.0 Å². The molecule has 0 aromatic carbocycles. The topological polar surface area (TPSA) is 30.7 Å². The molecule has 104 valence electrons. The van der Waals surface area contributed by atoms with Crippen molar-refractivity contribution in [2.24, 2.45) is 0 Å². The number of aromatic nitrogens is 3. The molecule has 3 nitrogen and oxygen atoms in total. The summed E-state index contributed by atoms with van der Waals surface area (Å²) >= 11 is 14.0. The van der Waals surface area contributed by atoms with Gasteiger partial charge in [-0.1, -0.05) is 11.6 Å². The number of hydrogen-bond acceptors (Lipinski definition) is 3. The van der Waals surface area contributed by atoms with Gasteiger partial charge < -0.3 is 4.57 Å². The molecular formula is C14H13Cl2N3S. The van der Waals surface area contributed by atoms with Gasteiger partial charge in [0.1, 0.15) is 11.3 Å². The molecule has 0 bridgehead atoms. The van der Waals surface area contributed by atoms with Crippen LogP contribution in [-0.2, 0) is 6.54 Å². The van der Waals surface area contributed by atoms with E-state index in [-0.39, 0.29) is 5.38 Å². The van der Waals surface area contributed by atoms with Crippen LogP contribution < -0.4 is 0 Å². The second-order valence-electron chi connectivity index (χ2n) is 4.68. The summed E-state index contributed by atoms with van der Waals surface area (Å²) in [6.07, 6.45) is 1.64. The van der Waals surface area contributed by atoms with Gasteiger partial charge >= 0.3 is 0 Å². The molecule has 0 saturated heterocycles. The lowest BCUT2D eigenvalue weighted by Crippen LogP contribution is -2.05. The van der Waals surface area contributed by atoms with Crippen molar-refractivity contribution in [3.63, 3.8) is 0 Å². The van der Waals surface area contributed by atoms with Crippen LogP contribution in [0.5, 0.6) is 0 Å². The van der Waals surface area contributed by atoms with E-state index in [0.717, 1.165) is 23.5 Å². The van der Waals surface area contributed by atoms with Crippen molar-refractivity contribution in [3.05, 3.63) is 45.0 Å². The number of aryl methyl sites for hydroxylation is 1. The predicted octanol–water partition coefficient (Wildman–Crippen LogP) is 4.80. The molecule has 6 heteroatoms. The number of fused-ring (bicyclic) bond motifs is 1. The summed E-state index contributed by atoms with van der Waals surface area (Å²) in [4.78, 5) is 11.5. The second kappa shape index (κ2) is 5.35. The van der Waals surface area contributed by atoms with E-state index in [1.807, 2.05) is 13.0 Å². The maximum Gasteiger partial charge on any atom is 0.160 e. The van der Waals surface area contributed by atoms with Gasteiger partial charge in [0.15, 0.2) is 5.65 Å². The van der Waals surface area contributed by atoms with E-state index in [2.05, 4.69) is 33.6 Å². The summed E-state index contributed by atoms with van der Waals surface area (Å²) in [6, 6.07) is 6.07. The molecule has 3 aromatic rings. The van der Waals surface area contributed by atoms with E-state index in [0.29, 0.717) is 5.02 Å². The van der Waals surface area contributed by atoms with E-state index in [4.69, 9.17) is 23.2 Å². The average molecular weight is 326 g/mol. The average Bonchev–Trinajstić information content (AvgIpc) is 2.94. The molecule has 0 aliphatic rings. The molecule has 0 fully saturated rings. The lowest BCUT2D eigenvalue weighted by molar-refractivity contribution is 0.744. The molecule has 1 atom stereocenters. The highest BCUT2D eigenvalue weighted by Gasteiger charge is 2.16. The fourth-order valence-electron chi connectivity index (χ4n) is 2.19. The van der Waals surface area contributed by atoms with Crippen molar-refractivity contribution in [3.8, 4) is 0 Å².